The van der Waals surface area contributed by atoms with E-state index < -0.39 is 0 Å². The molecule has 6 heteroatoms. The highest BCUT2D eigenvalue weighted by atomic mass is 32.2. The summed E-state index contributed by atoms with van der Waals surface area (Å²) < 4.78 is 0. The zero-order valence-corrected chi connectivity index (χ0v) is 15.3. The Morgan fingerprint density at radius 2 is 1.84 bits per heavy atom. The Balaban J connectivity index is 1.30. The highest BCUT2D eigenvalue weighted by molar-refractivity contribution is 7.99. The Bertz CT molecular complexity index is 665. The van der Waals surface area contributed by atoms with Crippen molar-refractivity contribution in [2.75, 3.05) is 37.8 Å². The number of hydrogen-bond donors (Lipinski definition) is 1. The van der Waals surface area contributed by atoms with Gasteiger partial charge in [-0.05, 0) is 36.0 Å². The summed E-state index contributed by atoms with van der Waals surface area (Å²) >= 11 is 1.77. The number of rotatable bonds is 3. The number of fused-ring (bicyclic) bond motifs is 1. The van der Waals surface area contributed by atoms with Gasteiger partial charge in [0.15, 0.2) is 0 Å². The lowest BCUT2D eigenvalue weighted by molar-refractivity contribution is -0.140. The summed E-state index contributed by atoms with van der Waals surface area (Å²) in [6, 6.07) is 6.46. The third-order valence-electron chi connectivity index (χ3n) is 5.48. The number of benzene rings is 1. The van der Waals surface area contributed by atoms with E-state index in [1.54, 1.807) is 11.8 Å². The average Bonchev–Trinajstić information content (AvgIpc) is 3.32. The molecule has 1 atom stereocenters. The molecule has 134 valence electrons. The highest BCUT2D eigenvalue weighted by Crippen LogP contribution is 2.23. The van der Waals surface area contributed by atoms with Gasteiger partial charge < -0.3 is 9.80 Å². The molecule has 1 unspecified atom stereocenters. The molecule has 1 N–H and O–H groups in total. The quantitative estimate of drug-likeness (QED) is 0.877. The largest absolute Gasteiger partial charge is 0.339 e. The molecule has 2 saturated heterocycles. The Morgan fingerprint density at radius 1 is 1.08 bits per heavy atom. The second-order valence-corrected chi connectivity index (χ2v) is 8.14. The van der Waals surface area contributed by atoms with Crippen molar-refractivity contribution in [2.45, 2.75) is 31.7 Å². The van der Waals surface area contributed by atoms with Crippen LogP contribution in [0.3, 0.4) is 0 Å². The normalized spacial score (nSPS) is 23.0. The van der Waals surface area contributed by atoms with E-state index in [-0.39, 0.29) is 17.9 Å². The summed E-state index contributed by atoms with van der Waals surface area (Å²) in [6.07, 6.45) is 4.03. The van der Waals surface area contributed by atoms with E-state index in [0.717, 1.165) is 23.6 Å². The monoisotopic (exact) mass is 359 g/mol. The van der Waals surface area contributed by atoms with Crippen LogP contribution in [0.2, 0.25) is 0 Å². The first-order valence-corrected chi connectivity index (χ1v) is 10.3. The summed E-state index contributed by atoms with van der Waals surface area (Å²) in [5.41, 5.74) is 3.99. The predicted molar refractivity (Wildman–Crippen MR) is 99.6 cm³/mol. The van der Waals surface area contributed by atoms with Crippen LogP contribution in [-0.2, 0) is 28.9 Å². The highest BCUT2D eigenvalue weighted by Gasteiger charge is 2.30. The number of aryl methyl sites for hydroxylation is 2. The molecule has 4 rings (SSSR count). The molecule has 1 aliphatic carbocycles. The first kappa shape index (κ1) is 16.9. The molecule has 0 saturated carbocycles. The van der Waals surface area contributed by atoms with E-state index in [1.807, 2.05) is 9.80 Å². The molecule has 3 aliphatic rings. The van der Waals surface area contributed by atoms with Crippen molar-refractivity contribution in [1.82, 2.24) is 15.1 Å². The van der Waals surface area contributed by atoms with Crippen molar-refractivity contribution in [3.8, 4) is 0 Å². The summed E-state index contributed by atoms with van der Waals surface area (Å²) in [5.74, 6) is 2.08. The van der Waals surface area contributed by atoms with Crippen LogP contribution in [0, 0.1) is 0 Å². The zero-order valence-electron chi connectivity index (χ0n) is 14.5. The molecule has 2 fully saturated rings. The van der Waals surface area contributed by atoms with Gasteiger partial charge in [0.05, 0.1) is 12.5 Å². The summed E-state index contributed by atoms with van der Waals surface area (Å²) in [5, 5.41) is 3.23. The topological polar surface area (TPSA) is 52.7 Å². The Hall–Kier alpha value is -1.53. The van der Waals surface area contributed by atoms with Crippen molar-refractivity contribution < 1.29 is 9.59 Å². The lowest BCUT2D eigenvalue weighted by Crippen LogP contribution is -2.54. The zero-order chi connectivity index (χ0) is 17.2. The van der Waals surface area contributed by atoms with Crippen LogP contribution in [0.25, 0.3) is 0 Å². The molecule has 2 amide bonds. The molecule has 2 aliphatic heterocycles. The predicted octanol–water partition coefficient (Wildman–Crippen LogP) is 1.05. The van der Waals surface area contributed by atoms with Crippen molar-refractivity contribution >= 4 is 23.6 Å². The fraction of sp³-hybridized carbons (Fsp3) is 0.579. The Kier molecular flexibility index (Phi) is 4.99. The van der Waals surface area contributed by atoms with E-state index in [1.165, 1.54) is 24.0 Å². The van der Waals surface area contributed by atoms with Crippen LogP contribution >= 0.6 is 11.8 Å². The van der Waals surface area contributed by atoms with E-state index in [2.05, 4.69) is 23.5 Å². The average molecular weight is 359 g/mol. The van der Waals surface area contributed by atoms with Gasteiger partial charge in [0.1, 0.15) is 0 Å². The van der Waals surface area contributed by atoms with Gasteiger partial charge in [-0.3, -0.25) is 14.9 Å². The first-order valence-electron chi connectivity index (χ1n) is 9.19. The van der Waals surface area contributed by atoms with Gasteiger partial charge >= 0.3 is 0 Å². The van der Waals surface area contributed by atoms with Gasteiger partial charge in [-0.2, -0.15) is 0 Å². The fourth-order valence-corrected chi connectivity index (χ4v) is 4.91. The minimum atomic E-state index is -0.0429. The van der Waals surface area contributed by atoms with E-state index in [4.69, 9.17) is 0 Å². The third-order valence-corrected chi connectivity index (χ3v) is 6.42. The van der Waals surface area contributed by atoms with Gasteiger partial charge in [0.25, 0.3) is 0 Å². The number of thioether (sulfide) groups is 1. The third kappa shape index (κ3) is 3.70. The van der Waals surface area contributed by atoms with Crippen LogP contribution in [0.15, 0.2) is 18.2 Å². The van der Waals surface area contributed by atoms with Gasteiger partial charge in [-0.15, -0.1) is 11.8 Å². The fourth-order valence-electron chi connectivity index (χ4n) is 3.97. The number of nitrogens with one attached hydrogen (secondary N) is 1. The Labute approximate surface area is 153 Å². The SMILES string of the molecule is O=C(Cc1ccc2c(c1)CCC2)N1CCN(C(=O)C2CSCN2)CC1. The van der Waals surface area contributed by atoms with Crippen molar-refractivity contribution in [1.29, 1.82) is 0 Å². The van der Waals surface area contributed by atoms with E-state index in [9.17, 15) is 9.59 Å². The standard InChI is InChI=1S/C19H25N3O2S/c23-18(11-14-4-5-15-2-1-3-16(15)10-14)21-6-8-22(9-7-21)19(24)17-12-25-13-20-17/h4-5,10,17,20H,1-3,6-9,11-13H2. The molecule has 0 aromatic heterocycles. The maximum absolute atomic E-state index is 12.6. The summed E-state index contributed by atoms with van der Waals surface area (Å²) in [6.45, 7) is 2.60. The van der Waals surface area contributed by atoms with Crippen LogP contribution < -0.4 is 5.32 Å². The molecular weight excluding hydrogens is 334 g/mol. The number of piperazine rings is 1. The van der Waals surface area contributed by atoms with Gasteiger partial charge in [-0.25, -0.2) is 0 Å². The molecule has 1 aromatic carbocycles. The van der Waals surface area contributed by atoms with E-state index in [0.29, 0.717) is 32.6 Å². The molecule has 0 spiro atoms. The lowest BCUT2D eigenvalue weighted by atomic mass is 10.0. The number of carbonyl (C=O) groups excluding carboxylic acids is 2. The smallest absolute Gasteiger partial charge is 0.240 e. The minimum Gasteiger partial charge on any atom is -0.339 e. The molecule has 25 heavy (non-hydrogen) atoms. The second kappa shape index (κ2) is 7.38. The molecule has 0 radical (unpaired) electrons. The number of carbonyl (C=O) groups is 2. The number of hydrogen-bond acceptors (Lipinski definition) is 4. The van der Waals surface area contributed by atoms with Crippen LogP contribution in [0.4, 0.5) is 0 Å². The van der Waals surface area contributed by atoms with Crippen LogP contribution in [0.1, 0.15) is 23.1 Å². The lowest BCUT2D eigenvalue weighted by Gasteiger charge is -2.36. The maximum Gasteiger partial charge on any atom is 0.240 e. The van der Waals surface area contributed by atoms with Crippen molar-refractivity contribution in [3.05, 3.63) is 34.9 Å². The molecule has 2 heterocycles. The summed E-state index contributed by atoms with van der Waals surface area (Å²) in [7, 11) is 0. The molecule has 0 bridgehead atoms. The number of nitrogens with zero attached hydrogens (tertiary/aromatic N) is 2. The molecule has 5 nitrogen and oxygen atoms in total. The maximum atomic E-state index is 12.6. The van der Waals surface area contributed by atoms with Gasteiger partial charge in [0, 0.05) is 37.8 Å². The van der Waals surface area contributed by atoms with E-state index >= 15 is 0 Å². The Morgan fingerprint density at radius 3 is 2.60 bits per heavy atom. The minimum absolute atomic E-state index is 0.0429. The summed E-state index contributed by atoms with van der Waals surface area (Å²) in [4.78, 5) is 28.8. The van der Waals surface area contributed by atoms with Crippen LogP contribution in [-0.4, -0.2) is 65.5 Å². The first-order chi connectivity index (χ1) is 12.2. The van der Waals surface area contributed by atoms with Crippen molar-refractivity contribution in [3.63, 3.8) is 0 Å². The number of amides is 2. The van der Waals surface area contributed by atoms with Gasteiger partial charge in [-0.1, -0.05) is 18.2 Å². The molecular formula is C19H25N3O2S. The van der Waals surface area contributed by atoms with Crippen LogP contribution in [0.5, 0.6) is 0 Å². The second-order valence-electron chi connectivity index (χ2n) is 7.11. The molecule has 1 aromatic rings. The van der Waals surface area contributed by atoms with Gasteiger partial charge in [0.2, 0.25) is 11.8 Å². The van der Waals surface area contributed by atoms with Crippen molar-refractivity contribution in [2.24, 2.45) is 0 Å².